The van der Waals surface area contributed by atoms with Gasteiger partial charge in [-0.05, 0) is 69.4 Å². The van der Waals surface area contributed by atoms with E-state index in [2.05, 4.69) is 0 Å². The highest BCUT2D eigenvalue weighted by Gasteiger charge is 2.75. The molecule has 9 atom stereocenters. The lowest BCUT2D eigenvalue weighted by atomic mass is 9.44. The number of alkyl halides is 1. The van der Waals surface area contributed by atoms with Crippen molar-refractivity contribution < 1.29 is 43.6 Å². The molecule has 3 N–H and O–H groups in total. The molecule has 1 saturated heterocycles. The summed E-state index contributed by atoms with van der Waals surface area (Å²) in [5.41, 5.74) is -5.72. The van der Waals surface area contributed by atoms with Gasteiger partial charge in [0, 0.05) is 36.9 Å². The zero-order valence-corrected chi connectivity index (χ0v) is 24.1. The fraction of sp³-hybridized carbons (Fsp3) is 0.733. The van der Waals surface area contributed by atoms with Gasteiger partial charge in [-0.15, -0.1) is 0 Å². The molecule has 5 rings (SSSR count). The lowest BCUT2D eigenvalue weighted by Gasteiger charge is -2.62. The Hall–Kier alpha value is -2.79. The van der Waals surface area contributed by atoms with Crippen LogP contribution >= 0.6 is 0 Å². The van der Waals surface area contributed by atoms with Crippen LogP contribution in [0.4, 0.5) is 14.0 Å². The highest BCUT2D eigenvalue weighted by molar-refractivity contribution is 6.01. The maximum atomic E-state index is 17.3. The third kappa shape index (κ3) is 4.09. The standard InChI is InChI=1S/C30H41FN2O8/c1-17-12-22-21-8-7-18-13-20(34)9-10-27(18,2)29(21,31)23(35)14-28(22,3)30(17,40)24(36)16-41-26(39)32(4)15-19-6-5-11-33(19)25(37)38/h9-10,13,17,19,21-23,35,40H,5-8,11-12,14-16H2,1-4H3,(H,37,38)/t17-,19?,21+,22+,23+,27+,28+,29+,30+/m1/s1. The molecule has 4 aliphatic carbocycles. The molecule has 0 aromatic heterocycles. The summed E-state index contributed by atoms with van der Waals surface area (Å²) in [6.07, 6.45) is 3.38. The number of amides is 2. The van der Waals surface area contributed by atoms with E-state index in [0.717, 1.165) is 0 Å². The van der Waals surface area contributed by atoms with Gasteiger partial charge in [-0.25, -0.2) is 14.0 Å². The van der Waals surface area contributed by atoms with E-state index in [1.54, 1.807) is 26.8 Å². The van der Waals surface area contributed by atoms with E-state index in [9.17, 15) is 34.5 Å². The van der Waals surface area contributed by atoms with Gasteiger partial charge in [0.2, 0.25) is 5.78 Å². The molecule has 1 unspecified atom stereocenters. The van der Waals surface area contributed by atoms with Crippen molar-refractivity contribution in [1.29, 1.82) is 0 Å². The summed E-state index contributed by atoms with van der Waals surface area (Å²) in [5, 5.41) is 32.9. The van der Waals surface area contributed by atoms with E-state index in [4.69, 9.17) is 4.74 Å². The maximum Gasteiger partial charge on any atom is 0.410 e. The number of halogens is 1. The number of carbonyl (C=O) groups excluding carboxylic acids is 3. The number of likely N-dealkylation sites (N-methyl/N-ethyl adjacent to an activating group) is 1. The Morgan fingerprint density at radius 3 is 2.61 bits per heavy atom. The van der Waals surface area contributed by atoms with Crippen molar-refractivity contribution in [2.45, 2.75) is 82.7 Å². The summed E-state index contributed by atoms with van der Waals surface area (Å²) in [7, 11) is 1.47. The minimum Gasteiger partial charge on any atom is -0.465 e. The van der Waals surface area contributed by atoms with Gasteiger partial charge < -0.3 is 29.9 Å². The number of nitrogens with zero attached hydrogens (tertiary/aromatic N) is 2. The van der Waals surface area contributed by atoms with Crippen LogP contribution in [0.25, 0.3) is 0 Å². The minimum absolute atomic E-state index is 0.113. The van der Waals surface area contributed by atoms with Crippen molar-refractivity contribution in [2.24, 2.45) is 28.6 Å². The van der Waals surface area contributed by atoms with Crippen molar-refractivity contribution in [3.63, 3.8) is 0 Å². The molecule has 0 bridgehead atoms. The number of aliphatic hydroxyl groups is 2. The number of carboxylic acid groups (broad SMARTS) is 1. The number of fused-ring (bicyclic) bond motifs is 5. The largest absolute Gasteiger partial charge is 0.465 e. The van der Waals surface area contributed by atoms with Crippen molar-refractivity contribution in [3.05, 3.63) is 23.8 Å². The smallest absolute Gasteiger partial charge is 0.410 e. The molecule has 4 fully saturated rings. The van der Waals surface area contributed by atoms with Crippen LogP contribution in [0.5, 0.6) is 0 Å². The molecule has 10 nitrogen and oxygen atoms in total. The summed E-state index contributed by atoms with van der Waals surface area (Å²) in [4.78, 5) is 52.4. The Morgan fingerprint density at radius 1 is 1.22 bits per heavy atom. The Balaban J connectivity index is 1.32. The highest BCUT2D eigenvalue weighted by atomic mass is 19.1. The number of ketones is 2. The van der Waals surface area contributed by atoms with Gasteiger partial charge in [-0.2, -0.15) is 0 Å². The molecule has 0 radical (unpaired) electrons. The van der Waals surface area contributed by atoms with Crippen LogP contribution in [0, 0.1) is 28.6 Å². The first-order valence-electron chi connectivity index (χ1n) is 14.6. The van der Waals surface area contributed by atoms with Crippen LogP contribution in [-0.2, 0) is 14.3 Å². The van der Waals surface area contributed by atoms with Crippen LogP contribution in [0.1, 0.15) is 59.3 Å². The maximum absolute atomic E-state index is 17.3. The summed E-state index contributed by atoms with van der Waals surface area (Å²) in [6, 6.07) is -0.367. The van der Waals surface area contributed by atoms with Crippen LogP contribution in [-0.4, -0.2) is 99.0 Å². The van der Waals surface area contributed by atoms with Gasteiger partial charge in [0.25, 0.3) is 0 Å². The lowest BCUT2D eigenvalue weighted by molar-refractivity contribution is -0.219. The number of likely N-dealkylation sites (tertiary alicyclic amines) is 1. The minimum atomic E-state index is -2.08. The summed E-state index contributed by atoms with van der Waals surface area (Å²) >= 11 is 0. The molecule has 5 aliphatic rings. The SMILES string of the molecule is C[C@@H]1C[C@H]2[C@@H]3CCC4=CC(=O)C=C[C@]4(C)[C@@]3(F)[C@@H](O)C[C@]2(C)[C@@]1(O)C(=O)COC(=O)N(C)CC1CCCN1C(=O)O. The van der Waals surface area contributed by atoms with E-state index in [1.165, 1.54) is 29.0 Å². The Kier molecular flexibility index (Phi) is 7.17. The molecule has 1 aliphatic heterocycles. The molecular formula is C30H41FN2O8. The van der Waals surface area contributed by atoms with Gasteiger partial charge in [0.1, 0.15) is 5.60 Å². The van der Waals surface area contributed by atoms with Gasteiger partial charge in [0.05, 0.1) is 12.1 Å². The predicted molar refractivity (Wildman–Crippen MR) is 145 cm³/mol. The van der Waals surface area contributed by atoms with E-state index in [-0.39, 0.29) is 24.8 Å². The average molecular weight is 577 g/mol. The predicted octanol–water partition coefficient (Wildman–Crippen LogP) is 3.11. The van der Waals surface area contributed by atoms with Crippen LogP contribution in [0.3, 0.4) is 0 Å². The fourth-order valence-electron chi connectivity index (χ4n) is 9.16. The Morgan fingerprint density at radius 2 is 1.93 bits per heavy atom. The third-order valence-electron chi connectivity index (χ3n) is 11.4. The normalized spacial score (nSPS) is 43.1. The lowest BCUT2D eigenvalue weighted by Crippen LogP contribution is -2.69. The van der Waals surface area contributed by atoms with Crippen molar-refractivity contribution in [2.75, 3.05) is 26.7 Å². The van der Waals surface area contributed by atoms with Crippen LogP contribution < -0.4 is 0 Å². The number of hydrogen-bond acceptors (Lipinski definition) is 7. The number of rotatable bonds is 5. The molecule has 11 heteroatoms. The molecule has 0 aromatic rings. The first kappa shape index (κ1) is 29.7. The van der Waals surface area contributed by atoms with Gasteiger partial charge in [0.15, 0.2) is 18.1 Å². The second-order valence-corrected chi connectivity index (χ2v) is 13.3. The van der Waals surface area contributed by atoms with E-state index < -0.39 is 70.5 Å². The van der Waals surface area contributed by atoms with E-state index in [0.29, 0.717) is 44.2 Å². The zero-order valence-electron chi connectivity index (χ0n) is 24.1. The molecule has 2 amide bonds. The first-order chi connectivity index (χ1) is 19.1. The number of aliphatic hydroxyl groups excluding tert-OH is 1. The second kappa shape index (κ2) is 9.90. The quantitative estimate of drug-likeness (QED) is 0.453. The number of ether oxygens (including phenoxy) is 1. The molecule has 1 heterocycles. The van der Waals surface area contributed by atoms with Crippen LogP contribution in [0.15, 0.2) is 23.8 Å². The van der Waals surface area contributed by atoms with E-state index in [1.807, 2.05) is 0 Å². The number of Topliss-reactive ketones (excluding diaryl/α,β-unsaturated/α-hetero) is 1. The van der Waals surface area contributed by atoms with Gasteiger partial charge in [-0.1, -0.05) is 25.5 Å². The third-order valence-corrected chi connectivity index (χ3v) is 11.4. The molecule has 41 heavy (non-hydrogen) atoms. The van der Waals surface area contributed by atoms with Crippen molar-refractivity contribution in [3.8, 4) is 0 Å². The molecule has 0 spiro atoms. The molecule has 3 saturated carbocycles. The summed E-state index contributed by atoms with van der Waals surface area (Å²) in [5.74, 6) is -2.56. The average Bonchev–Trinajstić information content (AvgIpc) is 3.45. The number of allylic oxidation sites excluding steroid dienone is 4. The first-order valence-corrected chi connectivity index (χ1v) is 14.6. The Bertz CT molecular complexity index is 1220. The van der Waals surface area contributed by atoms with E-state index >= 15 is 4.39 Å². The fourth-order valence-corrected chi connectivity index (χ4v) is 9.16. The summed E-state index contributed by atoms with van der Waals surface area (Å²) in [6.45, 7) is 4.98. The summed E-state index contributed by atoms with van der Waals surface area (Å²) < 4.78 is 22.6. The van der Waals surface area contributed by atoms with Crippen molar-refractivity contribution in [1.82, 2.24) is 9.80 Å². The molecule has 226 valence electrons. The molecular weight excluding hydrogens is 535 g/mol. The van der Waals surface area contributed by atoms with Crippen LogP contribution in [0.2, 0.25) is 0 Å². The second-order valence-electron chi connectivity index (χ2n) is 13.3. The Labute approximate surface area is 239 Å². The molecule has 0 aromatic carbocycles. The topological polar surface area (TPSA) is 145 Å². The van der Waals surface area contributed by atoms with Gasteiger partial charge in [-0.3, -0.25) is 9.59 Å². The zero-order chi connectivity index (χ0) is 30.1. The number of hydrogen-bond donors (Lipinski definition) is 3. The van der Waals surface area contributed by atoms with Crippen molar-refractivity contribution >= 4 is 23.8 Å². The highest BCUT2D eigenvalue weighted by Crippen LogP contribution is 2.70. The van der Waals surface area contributed by atoms with Gasteiger partial charge >= 0.3 is 12.2 Å². The monoisotopic (exact) mass is 576 g/mol. The number of carbonyl (C=O) groups is 4.